The van der Waals surface area contributed by atoms with Gasteiger partial charge in [0, 0.05) is 12.8 Å². The molecule has 0 radical (unpaired) electrons. The van der Waals surface area contributed by atoms with Crippen LogP contribution in [0.15, 0.2) is 0 Å². The normalized spacial score (nSPS) is 13.6. The third-order valence-electron chi connectivity index (χ3n) is 2.20. The molecule has 0 saturated heterocycles. The lowest BCUT2D eigenvalue weighted by atomic mass is 10.1. The van der Waals surface area contributed by atoms with Gasteiger partial charge in [-0.3, -0.25) is 0 Å². The summed E-state index contributed by atoms with van der Waals surface area (Å²) < 4.78 is 35.9. The van der Waals surface area contributed by atoms with Crippen LogP contribution in [-0.2, 0) is 14.3 Å². The number of carbonyl (C=O) groups excluding carboxylic acids is 2. The summed E-state index contributed by atoms with van der Waals surface area (Å²) in [6, 6.07) is -1.44. The minimum atomic E-state index is -3.06. The Hall–Kier alpha value is -1.40. The van der Waals surface area contributed by atoms with Crippen molar-refractivity contribution in [3.05, 3.63) is 0 Å². The van der Waals surface area contributed by atoms with E-state index in [1.807, 2.05) is 0 Å². The van der Waals surface area contributed by atoms with Gasteiger partial charge in [0.05, 0.1) is 7.11 Å². The second kappa shape index (κ2) is 6.68. The second-order valence-corrected chi connectivity index (χ2v) is 5.14. The number of hydrogen-bond acceptors (Lipinski definition) is 4. The predicted octanol–water partition coefficient (Wildman–Crippen LogP) is 2.49. The highest BCUT2D eigenvalue weighted by atomic mass is 19.3. The van der Waals surface area contributed by atoms with E-state index in [4.69, 9.17) is 4.74 Å². The number of alkyl carbamates (subject to hydrolysis) is 1. The number of ether oxygens (including phenoxy) is 2. The van der Waals surface area contributed by atoms with E-state index < -0.39 is 42.5 Å². The summed E-state index contributed by atoms with van der Waals surface area (Å²) >= 11 is 0. The van der Waals surface area contributed by atoms with E-state index in [9.17, 15) is 18.4 Å². The van der Waals surface area contributed by atoms with Crippen LogP contribution in [0.2, 0.25) is 0 Å². The van der Waals surface area contributed by atoms with Gasteiger partial charge in [-0.15, -0.1) is 0 Å². The maximum absolute atomic E-state index is 13.3. The van der Waals surface area contributed by atoms with Crippen molar-refractivity contribution in [3.63, 3.8) is 0 Å². The smallest absolute Gasteiger partial charge is 0.408 e. The van der Waals surface area contributed by atoms with Gasteiger partial charge in [-0.25, -0.2) is 18.4 Å². The summed E-state index contributed by atoms with van der Waals surface area (Å²) in [5, 5.41) is 2.10. The highest BCUT2D eigenvalue weighted by Crippen LogP contribution is 2.24. The van der Waals surface area contributed by atoms with Gasteiger partial charge in [0.1, 0.15) is 11.6 Å². The molecule has 0 aromatic rings. The zero-order chi connectivity index (χ0) is 15.3. The van der Waals surface area contributed by atoms with Crippen LogP contribution in [0.5, 0.6) is 0 Å². The van der Waals surface area contributed by atoms with Crippen molar-refractivity contribution >= 4 is 12.1 Å². The second-order valence-electron chi connectivity index (χ2n) is 5.14. The van der Waals surface area contributed by atoms with Gasteiger partial charge in [-0.1, -0.05) is 6.92 Å². The number of alkyl halides is 2. The van der Waals surface area contributed by atoms with Crippen molar-refractivity contribution in [2.75, 3.05) is 7.11 Å². The van der Waals surface area contributed by atoms with Crippen LogP contribution >= 0.6 is 0 Å². The molecular formula is C12H21F2NO4. The first-order chi connectivity index (χ1) is 8.50. The summed E-state index contributed by atoms with van der Waals surface area (Å²) in [4.78, 5) is 22.9. The molecule has 7 heteroatoms. The van der Waals surface area contributed by atoms with Gasteiger partial charge in [0.25, 0.3) is 0 Å². The lowest BCUT2D eigenvalue weighted by molar-refractivity contribution is -0.146. The summed E-state index contributed by atoms with van der Waals surface area (Å²) in [6.07, 6.45) is -2.19. The summed E-state index contributed by atoms with van der Waals surface area (Å²) in [5.74, 6) is -3.99. The van der Waals surface area contributed by atoms with Gasteiger partial charge < -0.3 is 14.8 Å². The average Bonchev–Trinajstić information content (AvgIpc) is 2.24. The topological polar surface area (TPSA) is 64.6 Å². The van der Waals surface area contributed by atoms with Crippen molar-refractivity contribution in [2.24, 2.45) is 0 Å². The molecule has 0 aliphatic heterocycles. The van der Waals surface area contributed by atoms with Crippen molar-refractivity contribution in [1.29, 1.82) is 0 Å². The quantitative estimate of drug-likeness (QED) is 0.786. The lowest BCUT2D eigenvalue weighted by Crippen LogP contribution is -2.46. The SMILES string of the molecule is CCC(F)(F)C[C@@H](NC(=O)OC(C)(C)C)C(=O)OC. The molecule has 0 unspecified atom stereocenters. The van der Waals surface area contributed by atoms with Crippen LogP contribution in [0.3, 0.4) is 0 Å². The van der Waals surface area contributed by atoms with Crippen LogP contribution in [0.25, 0.3) is 0 Å². The standard InChI is InChI=1S/C12H21F2NO4/c1-6-12(13,14)7-8(9(16)18-5)15-10(17)19-11(2,3)4/h8H,6-7H2,1-5H3,(H,15,17)/t8-/m1/s1. The average molecular weight is 281 g/mol. The summed E-state index contributed by atoms with van der Waals surface area (Å²) in [6.45, 7) is 6.17. The van der Waals surface area contributed by atoms with Gasteiger partial charge in [0.15, 0.2) is 0 Å². The van der Waals surface area contributed by atoms with Crippen LogP contribution < -0.4 is 5.32 Å². The molecule has 0 spiro atoms. The van der Waals surface area contributed by atoms with Gasteiger partial charge in [-0.05, 0) is 20.8 Å². The Kier molecular flexibility index (Phi) is 6.18. The van der Waals surface area contributed by atoms with Crippen LogP contribution in [-0.4, -0.2) is 36.7 Å². The predicted molar refractivity (Wildman–Crippen MR) is 65.0 cm³/mol. The molecule has 1 atom stereocenters. The number of nitrogens with one attached hydrogen (secondary N) is 1. The van der Waals surface area contributed by atoms with Crippen LogP contribution in [0, 0.1) is 0 Å². The third kappa shape index (κ3) is 7.58. The number of methoxy groups -OCH3 is 1. The molecule has 0 heterocycles. The summed E-state index contributed by atoms with van der Waals surface area (Å²) in [5.41, 5.74) is -0.780. The molecule has 0 aliphatic carbocycles. The van der Waals surface area contributed by atoms with E-state index >= 15 is 0 Å². The zero-order valence-electron chi connectivity index (χ0n) is 11.9. The molecule has 19 heavy (non-hydrogen) atoms. The Morgan fingerprint density at radius 1 is 1.26 bits per heavy atom. The van der Waals surface area contributed by atoms with Gasteiger partial charge in [-0.2, -0.15) is 0 Å². The van der Waals surface area contributed by atoms with Crippen LogP contribution in [0.4, 0.5) is 13.6 Å². The first-order valence-electron chi connectivity index (χ1n) is 5.96. The molecule has 0 fully saturated rings. The van der Waals surface area contributed by atoms with Gasteiger partial charge in [0.2, 0.25) is 5.92 Å². The molecule has 0 bridgehead atoms. The van der Waals surface area contributed by atoms with Crippen molar-refractivity contribution in [1.82, 2.24) is 5.32 Å². The number of carbonyl (C=O) groups is 2. The van der Waals surface area contributed by atoms with Crippen molar-refractivity contribution in [2.45, 2.75) is 58.1 Å². The Labute approximate surface area is 111 Å². The van der Waals surface area contributed by atoms with E-state index in [1.165, 1.54) is 6.92 Å². The van der Waals surface area contributed by atoms with Crippen molar-refractivity contribution in [3.8, 4) is 0 Å². The lowest BCUT2D eigenvalue weighted by Gasteiger charge is -2.24. The third-order valence-corrected chi connectivity index (χ3v) is 2.20. The summed E-state index contributed by atoms with van der Waals surface area (Å²) in [7, 11) is 1.07. The minimum absolute atomic E-state index is 0.434. The van der Waals surface area contributed by atoms with E-state index in [2.05, 4.69) is 10.1 Å². The fraction of sp³-hybridized carbons (Fsp3) is 0.833. The number of halogens is 2. The molecule has 0 rings (SSSR count). The molecule has 5 nitrogen and oxygen atoms in total. The molecule has 112 valence electrons. The Bertz CT molecular complexity index is 326. The first-order valence-corrected chi connectivity index (χ1v) is 5.96. The van der Waals surface area contributed by atoms with Crippen LogP contribution in [0.1, 0.15) is 40.5 Å². The Balaban J connectivity index is 4.70. The highest BCUT2D eigenvalue weighted by Gasteiger charge is 2.36. The fourth-order valence-corrected chi connectivity index (χ4v) is 1.23. The van der Waals surface area contributed by atoms with Gasteiger partial charge >= 0.3 is 12.1 Å². The maximum Gasteiger partial charge on any atom is 0.408 e. The zero-order valence-corrected chi connectivity index (χ0v) is 11.9. The largest absolute Gasteiger partial charge is 0.467 e. The Morgan fingerprint density at radius 3 is 2.16 bits per heavy atom. The molecule has 0 aliphatic rings. The molecular weight excluding hydrogens is 260 g/mol. The molecule has 1 amide bonds. The number of amides is 1. The molecule has 0 saturated carbocycles. The molecule has 0 aromatic carbocycles. The fourth-order valence-electron chi connectivity index (χ4n) is 1.23. The number of hydrogen-bond donors (Lipinski definition) is 1. The highest BCUT2D eigenvalue weighted by molar-refractivity contribution is 5.81. The minimum Gasteiger partial charge on any atom is -0.467 e. The maximum atomic E-state index is 13.3. The van der Waals surface area contributed by atoms with E-state index in [0.29, 0.717) is 0 Å². The monoisotopic (exact) mass is 281 g/mol. The molecule has 0 aromatic heterocycles. The Morgan fingerprint density at radius 2 is 1.79 bits per heavy atom. The number of esters is 1. The van der Waals surface area contributed by atoms with E-state index in [0.717, 1.165) is 7.11 Å². The first kappa shape index (κ1) is 17.6. The van der Waals surface area contributed by atoms with Crippen molar-refractivity contribution < 1.29 is 27.8 Å². The molecule has 1 N–H and O–H groups in total. The number of rotatable bonds is 5. The van der Waals surface area contributed by atoms with E-state index in [1.54, 1.807) is 20.8 Å². The van der Waals surface area contributed by atoms with E-state index in [-0.39, 0.29) is 0 Å².